The van der Waals surface area contributed by atoms with Gasteiger partial charge >= 0.3 is 0 Å². The maximum absolute atomic E-state index is 12.3. The molecule has 3 rings (SSSR count). The number of pyridine rings is 1. The SMILES string of the molecule is O=C(NC1CCN2CCCC2C1)c1cc(Cl)ncc1Cl. The number of nitrogens with one attached hydrogen (secondary N) is 1. The van der Waals surface area contributed by atoms with Crippen molar-refractivity contribution in [2.24, 2.45) is 0 Å². The largest absolute Gasteiger partial charge is 0.349 e. The van der Waals surface area contributed by atoms with E-state index in [0.717, 1.165) is 19.4 Å². The minimum absolute atomic E-state index is 0.157. The molecule has 6 heteroatoms. The maximum Gasteiger partial charge on any atom is 0.253 e. The Balaban J connectivity index is 1.65. The van der Waals surface area contributed by atoms with Crippen molar-refractivity contribution in [2.45, 2.75) is 37.8 Å². The fourth-order valence-corrected chi connectivity index (χ4v) is 3.55. The van der Waals surface area contributed by atoms with Crippen molar-refractivity contribution in [3.8, 4) is 0 Å². The van der Waals surface area contributed by atoms with Gasteiger partial charge in [-0.25, -0.2) is 4.98 Å². The van der Waals surface area contributed by atoms with Crippen LogP contribution in [0.25, 0.3) is 0 Å². The number of nitrogens with zero attached hydrogens (tertiary/aromatic N) is 2. The number of rotatable bonds is 2. The van der Waals surface area contributed by atoms with Crippen LogP contribution in [0.4, 0.5) is 0 Å². The molecule has 0 radical (unpaired) electrons. The summed E-state index contributed by atoms with van der Waals surface area (Å²) in [6.45, 7) is 2.28. The predicted octanol–water partition coefficient (Wildman–Crippen LogP) is 2.75. The number of carbonyl (C=O) groups is 1. The second-order valence-corrected chi connectivity index (χ2v) is 6.31. The smallest absolute Gasteiger partial charge is 0.253 e. The topological polar surface area (TPSA) is 45.2 Å². The van der Waals surface area contributed by atoms with Gasteiger partial charge in [0.1, 0.15) is 5.15 Å². The molecule has 2 aliphatic heterocycles. The number of aromatic nitrogens is 1. The summed E-state index contributed by atoms with van der Waals surface area (Å²) < 4.78 is 0. The summed E-state index contributed by atoms with van der Waals surface area (Å²) in [6, 6.07) is 2.37. The molecule has 3 heterocycles. The average Bonchev–Trinajstić information content (AvgIpc) is 2.89. The van der Waals surface area contributed by atoms with Gasteiger partial charge in [0, 0.05) is 24.8 Å². The van der Waals surface area contributed by atoms with Crippen LogP contribution in [0.15, 0.2) is 12.3 Å². The van der Waals surface area contributed by atoms with Crippen molar-refractivity contribution in [1.29, 1.82) is 0 Å². The number of carbonyl (C=O) groups excluding carboxylic acids is 1. The zero-order valence-corrected chi connectivity index (χ0v) is 12.6. The van der Waals surface area contributed by atoms with Crippen molar-refractivity contribution in [3.05, 3.63) is 28.0 Å². The van der Waals surface area contributed by atoms with E-state index < -0.39 is 0 Å². The van der Waals surface area contributed by atoms with E-state index in [1.165, 1.54) is 31.6 Å². The third-order valence-electron chi connectivity index (χ3n) is 4.22. The lowest BCUT2D eigenvalue weighted by atomic mass is 9.97. The van der Waals surface area contributed by atoms with Gasteiger partial charge in [-0.3, -0.25) is 4.79 Å². The van der Waals surface area contributed by atoms with Crippen molar-refractivity contribution in [1.82, 2.24) is 15.2 Å². The molecule has 0 saturated carbocycles. The van der Waals surface area contributed by atoms with E-state index in [2.05, 4.69) is 15.2 Å². The third-order valence-corrected chi connectivity index (χ3v) is 4.73. The van der Waals surface area contributed by atoms with Gasteiger partial charge in [0.25, 0.3) is 5.91 Å². The van der Waals surface area contributed by atoms with Crippen LogP contribution in [0.3, 0.4) is 0 Å². The van der Waals surface area contributed by atoms with Gasteiger partial charge in [-0.1, -0.05) is 23.2 Å². The summed E-state index contributed by atoms with van der Waals surface area (Å²) in [5.74, 6) is -0.157. The normalized spacial score (nSPS) is 26.3. The van der Waals surface area contributed by atoms with Crippen molar-refractivity contribution >= 4 is 29.1 Å². The van der Waals surface area contributed by atoms with E-state index >= 15 is 0 Å². The minimum atomic E-state index is -0.157. The van der Waals surface area contributed by atoms with Crippen LogP contribution in [0, 0.1) is 0 Å². The van der Waals surface area contributed by atoms with Gasteiger partial charge in [-0.2, -0.15) is 0 Å². The number of piperidine rings is 1. The molecular formula is C14H17Cl2N3O. The Bertz CT molecular complexity index is 523. The van der Waals surface area contributed by atoms with Crippen LogP contribution in [0.2, 0.25) is 10.2 Å². The monoisotopic (exact) mass is 313 g/mol. The molecule has 2 fully saturated rings. The molecule has 1 aromatic rings. The minimum Gasteiger partial charge on any atom is -0.349 e. The van der Waals surface area contributed by atoms with Crippen LogP contribution < -0.4 is 5.32 Å². The first-order chi connectivity index (χ1) is 9.63. The van der Waals surface area contributed by atoms with Gasteiger partial charge < -0.3 is 10.2 Å². The average molecular weight is 314 g/mol. The highest BCUT2D eigenvalue weighted by Gasteiger charge is 2.32. The van der Waals surface area contributed by atoms with Crippen LogP contribution in [-0.2, 0) is 0 Å². The van der Waals surface area contributed by atoms with E-state index in [1.807, 2.05) is 0 Å². The third kappa shape index (κ3) is 2.92. The number of hydrogen-bond acceptors (Lipinski definition) is 3. The van der Waals surface area contributed by atoms with Gasteiger partial charge in [0.2, 0.25) is 0 Å². The fourth-order valence-electron chi connectivity index (χ4n) is 3.21. The lowest BCUT2D eigenvalue weighted by Gasteiger charge is -2.35. The van der Waals surface area contributed by atoms with Gasteiger partial charge in [0.05, 0.1) is 10.6 Å². The molecule has 2 unspecified atom stereocenters. The lowest BCUT2D eigenvalue weighted by Crippen LogP contribution is -2.47. The highest BCUT2D eigenvalue weighted by molar-refractivity contribution is 6.35. The molecule has 4 nitrogen and oxygen atoms in total. The molecule has 2 saturated heterocycles. The van der Waals surface area contributed by atoms with E-state index in [-0.39, 0.29) is 17.1 Å². The summed E-state index contributed by atoms with van der Waals surface area (Å²) in [6.07, 6.45) is 5.96. The number of hydrogen-bond donors (Lipinski definition) is 1. The molecule has 1 amide bonds. The van der Waals surface area contributed by atoms with Crippen molar-refractivity contribution in [2.75, 3.05) is 13.1 Å². The first-order valence-corrected chi connectivity index (χ1v) is 7.75. The van der Waals surface area contributed by atoms with Gasteiger partial charge in [-0.15, -0.1) is 0 Å². The van der Waals surface area contributed by atoms with Crippen LogP contribution in [0.5, 0.6) is 0 Å². The predicted molar refractivity (Wildman–Crippen MR) is 79.3 cm³/mol. The molecule has 108 valence electrons. The molecule has 2 aliphatic rings. The molecule has 1 N–H and O–H groups in total. The quantitative estimate of drug-likeness (QED) is 0.854. The molecule has 2 atom stereocenters. The Morgan fingerprint density at radius 1 is 1.35 bits per heavy atom. The van der Waals surface area contributed by atoms with E-state index in [0.29, 0.717) is 16.6 Å². The Kier molecular flexibility index (Phi) is 4.15. The Hall–Kier alpha value is -0.840. The van der Waals surface area contributed by atoms with Crippen LogP contribution in [-0.4, -0.2) is 41.0 Å². The van der Waals surface area contributed by atoms with Crippen molar-refractivity contribution < 1.29 is 4.79 Å². The summed E-state index contributed by atoms with van der Waals surface area (Å²) in [7, 11) is 0. The van der Waals surface area contributed by atoms with E-state index in [9.17, 15) is 4.79 Å². The zero-order valence-electron chi connectivity index (χ0n) is 11.1. The van der Waals surface area contributed by atoms with Crippen LogP contribution in [0.1, 0.15) is 36.0 Å². The van der Waals surface area contributed by atoms with Gasteiger partial charge in [0.15, 0.2) is 0 Å². The second kappa shape index (κ2) is 5.88. The maximum atomic E-state index is 12.3. The lowest BCUT2D eigenvalue weighted by molar-refractivity contribution is 0.0896. The molecule has 0 aliphatic carbocycles. The number of halogens is 2. The Morgan fingerprint density at radius 2 is 2.20 bits per heavy atom. The van der Waals surface area contributed by atoms with E-state index in [1.54, 1.807) is 0 Å². The second-order valence-electron chi connectivity index (χ2n) is 5.51. The Morgan fingerprint density at radius 3 is 3.05 bits per heavy atom. The van der Waals surface area contributed by atoms with E-state index in [4.69, 9.17) is 23.2 Å². The molecule has 0 spiro atoms. The zero-order chi connectivity index (χ0) is 14.1. The standard InChI is InChI=1S/C14H17Cl2N3O/c15-12-8-17-13(16)7-11(12)14(20)18-9-3-5-19-4-1-2-10(19)6-9/h7-10H,1-6H2,(H,18,20). The van der Waals surface area contributed by atoms with Gasteiger partial charge in [-0.05, 0) is 38.3 Å². The highest BCUT2D eigenvalue weighted by Crippen LogP contribution is 2.27. The molecule has 20 heavy (non-hydrogen) atoms. The number of amides is 1. The first-order valence-electron chi connectivity index (χ1n) is 6.99. The Labute approximate surface area is 128 Å². The fraction of sp³-hybridized carbons (Fsp3) is 0.571. The highest BCUT2D eigenvalue weighted by atomic mass is 35.5. The summed E-state index contributed by atoms with van der Waals surface area (Å²) in [5, 5.41) is 3.70. The number of fused-ring (bicyclic) bond motifs is 1. The molecule has 0 bridgehead atoms. The van der Waals surface area contributed by atoms with Crippen molar-refractivity contribution in [3.63, 3.8) is 0 Å². The summed E-state index contributed by atoms with van der Waals surface area (Å²) >= 11 is 11.8. The van der Waals surface area contributed by atoms with Crippen LogP contribution >= 0.6 is 23.2 Å². The summed E-state index contributed by atoms with van der Waals surface area (Å²) in [4.78, 5) is 18.7. The summed E-state index contributed by atoms with van der Waals surface area (Å²) in [5.41, 5.74) is 0.403. The molecule has 1 aromatic heterocycles. The molecule has 0 aromatic carbocycles. The molecular weight excluding hydrogens is 297 g/mol. The first kappa shape index (κ1) is 14.1.